The van der Waals surface area contributed by atoms with Gasteiger partial charge in [-0.2, -0.15) is 0 Å². The van der Waals surface area contributed by atoms with Crippen LogP contribution in [0.2, 0.25) is 0 Å². The Hall–Kier alpha value is 0.190. The topological polar surface area (TPSA) is 26.3 Å². The lowest BCUT2D eigenvalue weighted by Gasteiger charge is -1.91. The molecule has 3 heteroatoms. The van der Waals surface area contributed by atoms with Gasteiger partial charge in [0.15, 0.2) is 0 Å². The number of rotatable bonds is 2. The van der Waals surface area contributed by atoms with Crippen molar-refractivity contribution in [1.29, 1.82) is 0 Å². The fourth-order valence-electron chi connectivity index (χ4n) is 0.446. The van der Waals surface area contributed by atoms with Gasteiger partial charge in [-0.3, -0.25) is 4.57 Å². The molecule has 0 aliphatic carbocycles. The summed E-state index contributed by atoms with van der Waals surface area (Å²) in [5.74, 6) is 0. The minimum atomic E-state index is -1.92. The largest absolute Gasteiger partial charge is 0.329 e. The van der Waals surface area contributed by atoms with Gasteiger partial charge >= 0.3 is 0 Å². The van der Waals surface area contributed by atoms with E-state index in [1.54, 1.807) is 0 Å². The Morgan fingerprint density at radius 2 is 2.29 bits per heavy atom. The van der Waals surface area contributed by atoms with Gasteiger partial charge in [-0.25, -0.2) is 0 Å². The molecule has 0 radical (unpaired) electrons. The molecule has 0 amide bonds. The normalized spacial score (nSPS) is 24.7. The molecule has 1 fully saturated rings. The Labute approximate surface area is 43.3 Å². The molecule has 0 N–H and O–H groups in total. The Morgan fingerprint density at radius 1 is 1.71 bits per heavy atom. The summed E-state index contributed by atoms with van der Waals surface area (Å²) >= 11 is 0. The van der Waals surface area contributed by atoms with Gasteiger partial charge < -0.3 is 4.52 Å². The van der Waals surface area contributed by atoms with Gasteiger partial charge in [0.25, 0.3) is 0 Å². The standard InChI is InChI=1S/C4H9O2P/c1-2-6-7(5)3-4-7/h2-4H2,1H3. The lowest BCUT2D eigenvalue weighted by molar-refractivity contribution is 0.349. The van der Waals surface area contributed by atoms with E-state index in [9.17, 15) is 4.57 Å². The zero-order valence-electron chi connectivity index (χ0n) is 4.39. The van der Waals surface area contributed by atoms with Gasteiger partial charge in [0.05, 0.1) is 6.61 Å². The second-order valence-corrected chi connectivity index (χ2v) is 4.46. The Morgan fingerprint density at radius 3 is 2.43 bits per heavy atom. The average molecular weight is 120 g/mol. The van der Waals surface area contributed by atoms with E-state index in [1.165, 1.54) is 0 Å². The van der Waals surface area contributed by atoms with E-state index in [0.29, 0.717) is 6.61 Å². The maximum Gasteiger partial charge on any atom is 0.204 e. The third-order valence-electron chi connectivity index (χ3n) is 0.953. The van der Waals surface area contributed by atoms with E-state index >= 15 is 0 Å². The van der Waals surface area contributed by atoms with Crippen LogP contribution in [-0.4, -0.2) is 18.9 Å². The SMILES string of the molecule is CCOP1(=O)CC1. The van der Waals surface area contributed by atoms with Gasteiger partial charge in [-0.15, -0.1) is 0 Å². The van der Waals surface area contributed by atoms with Crippen molar-refractivity contribution >= 4 is 7.37 Å². The highest BCUT2D eigenvalue weighted by Gasteiger charge is 2.36. The molecule has 1 heterocycles. The van der Waals surface area contributed by atoms with Crippen LogP contribution in [0.25, 0.3) is 0 Å². The number of hydrogen-bond donors (Lipinski definition) is 0. The van der Waals surface area contributed by atoms with Crippen molar-refractivity contribution in [3.05, 3.63) is 0 Å². The lowest BCUT2D eigenvalue weighted by atomic mass is 10.9. The van der Waals surface area contributed by atoms with Crippen molar-refractivity contribution in [3.8, 4) is 0 Å². The molecule has 0 bridgehead atoms. The highest BCUT2D eigenvalue weighted by atomic mass is 31.2. The molecule has 0 aromatic rings. The molecular formula is C4H9O2P. The molecule has 1 aliphatic heterocycles. The summed E-state index contributed by atoms with van der Waals surface area (Å²) in [5, 5.41) is 0. The summed E-state index contributed by atoms with van der Waals surface area (Å²) in [6.45, 7) is 2.48. The minimum absolute atomic E-state index is 0.608. The van der Waals surface area contributed by atoms with E-state index in [1.807, 2.05) is 6.92 Å². The smallest absolute Gasteiger partial charge is 0.204 e. The van der Waals surface area contributed by atoms with Gasteiger partial charge in [-0.05, 0) is 6.92 Å². The summed E-state index contributed by atoms with van der Waals surface area (Å²) < 4.78 is 15.6. The van der Waals surface area contributed by atoms with Gasteiger partial charge in [0.1, 0.15) is 0 Å². The molecule has 7 heavy (non-hydrogen) atoms. The van der Waals surface area contributed by atoms with Crippen LogP contribution in [0, 0.1) is 0 Å². The third kappa shape index (κ3) is 1.29. The highest BCUT2D eigenvalue weighted by molar-refractivity contribution is 7.66. The van der Waals surface area contributed by atoms with E-state index < -0.39 is 7.37 Å². The van der Waals surface area contributed by atoms with Crippen LogP contribution < -0.4 is 0 Å². The van der Waals surface area contributed by atoms with Crippen molar-refractivity contribution < 1.29 is 9.09 Å². The summed E-state index contributed by atoms with van der Waals surface area (Å²) in [7, 11) is -1.92. The molecule has 1 aliphatic rings. The lowest BCUT2D eigenvalue weighted by Crippen LogP contribution is -1.73. The van der Waals surface area contributed by atoms with Crippen molar-refractivity contribution in [2.24, 2.45) is 0 Å². The van der Waals surface area contributed by atoms with Gasteiger partial charge in [-0.1, -0.05) is 0 Å². The fourth-order valence-corrected chi connectivity index (χ4v) is 1.83. The summed E-state index contributed by atoms with van der Waals surface area (Å²) in [5.41, 5.74) is 0. The summed E-state index contributed by atoms with van der Waals surface area (Å²) in [6.07, 6.45) is 1.64. The molecule has 2 nitrogen and oxygen atoms in total. The molecule has 0 unspecified atom stereocenters. The van der Waals surface area contributed by atoms with Crippen LogP contribution in [0.1, 0.15) is 6.92 Å². The molecule has 0 atom stereocenters. The Bertz CT molecular complexity index is 102. The Balaban J connectivity index is 2.27. The first-order chi connectivity index (χ1) is 3.27. The molecule has 0 aromatic heterocycles. The molecule has 1 rings (SSSR count). The first-order valence-electron chi connectivity index (χ1n) is 2.49. The minimum Gasteiger partial charge on any atom is -0.329 e. The molecule has 42 valence electrons. The maximum atomic E-state index is 10.7. The second kappa shape index (κ2) is 1.61. The molecule has 1 saturated heterocycles. The van der Waals surface area contributed by atoms with Gasteiger partial charge in [0, 0.05) is 12.3 Å². The van der Waals surface area contributed by atoms with E-state index in [-0.39, 0.29) is 0 Å². The molecule has 0 saturated carbocycles. The maximum absolute atomic E-state index is 10.7. The Kier molecular flexibility index (Phi) is 1.22. The van der Waals surface area contributed by atoms with Crippen molar-refractivity contribution in [2.75, 3.05) is 18.9 Å². The predicted molar refractivity (Wildman–Crippen MR) is 29.0 cm³/mol. The van der Waals surface area contributed by atoms with Crippen LogP contribution in [0.3, 0.4) is 0 Å². The van der Waals surface area contributed by atoms with Crippen LogP contribution in [-0.2, 0) is 9.09 Å². The average Bonchev–Trinajstić information content (AvgIpc) is 2.22. The summed E-state index contributed by atoms with van der Waals surface area (Å²) in [6, 6.07) is 0. The monoisotopic (exact) mass is 120 g/mol. The first kappa shape index (κ1) is 5.33. The molecule has 0 aromatic carbocycles. The van der Waals surface area contributed by atoms with Crippen molar-refractivity contribution in [3.63, 3.8) is 0 Å². The number of hydrogen-bond acceptors (Lipinski definition) is 2. The van der Waals surface area contributed by atoms with Crippen LogP contribution in [0.4, 0.5) is 0 Å². The van der Waals surface area contributed by atoms with E-state index in [0.717, 1.165) is 12.3 Å². The van der Waals surface area contributed by atoms with E-state index in [4.69, 9.17) is 4.52 Å². The van der Waals surface area contributed by atoms with Crippen LogP contribution >= 0.6 is 7.37 Å². The van der Waals surface area contributed by atoms with Crippen LogP contribution in [0.15, 0.2) is 0 Å². The van der Waals surface area contributed by atoms with Crippen LogP contribution in [0.5, 0.6) is 0 Å². The van der Waals surface area contributed by atoms with Gasteiger partial charge in [0.2, 0.25) is 7.37 Å². The quantitative estimate of drug-likeness (QED) is 0.513. The predicted octanol–water partition coefficient (Wildman–Crippen LogP) is 1.31. The third-order valence-corrected chi connectivity index (χ3v) is 2.86. The highest BCUT2D eigenvalue weighted by Crippen LogP contribution is 2.60. The summed E-state index contributed by atoms with van der Waals surface area (Å²) in [4.78, 5) is 0. The zero-order valence-corrected chi connectivity index (χ0v) is 5.28. The zero-order chi connectivity index (χ0) is 5.33. The van der Waals surface area contributed by atoms with Crippen molar-refractivity contribution in [2.45, 2.75) is 6.92 Å². The van der Waals surface area contributed by atoms with Crippen molar-refractivity contribution in [1.82, 2.24) is 0 Å². The first-order valence-corrected chi connectivity index (χ1v) is 4.49. The van der Waals surface area contributed by atoms with E-state index in [2.05, 4.69) is 0 Å². The second-order valence-electron chi connectivity index (χ2n) is 1.68. The fraction of sp³-hybridized carbons (Fsp3) is 1.00. The molecule has 0 spiro atoms. The molecular weight excluding hydrogens is 111 g/mol.